The highest BCUT2D eigenvalue weighted by atomic mass is 16.5. The topological polar surface area (TPSA) is 64.4 Å². The molecular weight excluding hydrogens is 366 g/mol. The van der Waals surface area contributed by atoms with Gasteiger partial charge in [0.1, 0.15) is 6.54 Å². The predicted molar refractivity (Wildman–Crippen MR) is 113 cm³/mol. The normalized spacial score (nSPS) is 11.0. The lowest BCUT2D eigenvalue weighted by Gasteiger charge is -2.22. The van der Waals surface area contributed by atoms with E-state index in [9.17, 15) is 9.59 Å². The van der Waals surface area contributed by atoms with Gasteiger partial charge in [-0.3, -0.25) is 14.3 Å². The molecule has 0 aliphatic heterocycles. The average Bonchev–Trinajstić information content (AvgIpc) is 2.93. The molecule has 1 aromatic heterocycles. The van der Waals surface area contributed by atoms with E-state index in [-0.39, 0.29) is 12.5 Å². The van der Waals surface area contributed by atoms with Crippen molar-refractivity contribution in [2.75, 3.05) is 13.7 Å². The second-order valence-electron chi connectivity index (χ2n) is 7.98. The summed E-state index contributed by atoms with van der Waals surface area (Å²) in [4.78, 5) is 26.4. The van der Waals surface area contributed by atoms with Crippen LogP contribution in [0.1, 0.15) is 48.3 Å². The molecule has 0 N–H and O–H groups in total. The number of rotatable bonds is 9. The highest BCUT2D eigenvalue weighted by molar-refractivity contribution is 5.82. The van der Waals surface area contributed by atoms with Crippen LogP contribution in [0.4, 0.5) is 0 Å². The van der Waals surface area contributed by atoms with Gasteiger partial charge in [-0.1, -0.05) is 38.1 Å². The van der Waals surface area contributed by atoms with Gasteiger partial charge in [0.2, 0.25) is 5.91 Å². The molecule has 1 aromatic carbocycles. The first-order valence-electron chi connectivity index (χ1n) is 10.1. The Bertz CT molecular complexity index is 855. The number of nitrogens with zero attached hydrogens (tertiary/aromatic N) is 3. The molecule has 2 rings (SSSR count). The smallest absolute Gasteiger partial charge is 0.325 e. The van der Waals surface area contributed by atoms with Crippen LogP contribution in [0.3, 0.4) is 0 Å². The van der Waals surface area contributed by atoms with Crippen molar-refractivity contribution in [2.24, 2.45) is 5.92 Å². The molecule has 29 heavy (non-hydrogen) atoms. The highest BCUT2D eigenvalue weighted by Gasteiger charge is 2.20. The van der Waals surface area contributed by atoms with E-state index in [0.717, 1.165) is 34.6 Å². The third-order valence-electron chi connectivity index (χ3n) is 5.18. The zero-order valence-electron chi connectivity index (χ0n) is 18.5. The van der Waals surface area contributed by atoms with E-state index in [1.54, 1.807) is 4.90 Å². The van der Waals surface area contributed by atoms with Crippen molar-refractivity contribution >= 4 is 11.9 Å². The number of hydrogen-bond donors (Lipinski definition) is 0. The van der Waals surface area contributed by atoms with Crippen molar-refractivity contribution in [3.63, 3.8) is 0 Å². The van der Waals surface area contributed by atoms with Gasteiger partial charge in [0.25, 0.3) is 0 Å². The van der Waals surface area contributed by atoms with E-state index in [4.69, 9.17) is 4.74 Å². The lowest BCUT2D eigenvalue weighted by atomic mass is 10.1. The van der Waals surface area contributed by atoms with E-state index in [1.807, 2.05) is 42.8 Å². The molecule has 6 nitrogen and oxygen atoms in total. The molecule has 1 amide bonds. The molecule has 1 heterocycles. The van der Waals surface area contributed by atoms with Crippen LogP contribution < -0.4 is 0 Å². The van der Waals surface area contributed by atoms with E-state index in [2.05, 4.69) is 25.9 Å². The quantitative estimate of drug-likeness (QED) is 0.605. The maximum absolute atomic E-state index is 13.0. The molecule has 0 unspecified atom stereocenters. The zero-order valence-corrected chi connectivity index (χ0v) is 18.5. The second kappa shape index (κ2) is 10.2. The Hall–Kier alpha value is -2.63. The number of ether oxygens (including phenoxy) is 1. The molecule has 0 aliphatic carbocycles. The first-order valence-corrected chi connectivity index (χ1v) is 10.1. The van der Waals surface area contributed by atoms with Crippen LogP contribution in [0.15, 0.2) is 24.3 Å². The van der Waals surface area contributed by atoms with Crippen molar-refractivity contribution in [3.05, 3.63) is 52.3 Å². The maximum atomic E-state index is 13.0. The number of aromatic nitrogens is 2. The van der Waals surface area contributed by atoms with Crippen LogP contribution in [-0.2, 0) is 33.8 Å². The summed E-state index contributed by atoms with van der Waals surface area (Å²) in [7, 11) is 1.34. The summed E-state index contributed by atoms with van der Waals surface area (Å²) in [5, 5.41) is 4.63. The fourth-order valence-electron chi connectivity index (χ4n) is 3.46. The summed E-state index contributed by atoms with van der Waals surface area (Å²) in [6, 6.07) is 7.90. The second-order valence-corrected chi connectivity index (χ2v) is 7.98. The summed E-state index contributed by atoms with van der Waals surface area (Å²) in [5.41, 5.74) is 5.32. The average molecular weight is 400 g/mol. The van der Waals surface area contributed by atoms with Gasteiger partial charge in [0, 0.05) is 25.2 Å². The van der Waals surface area contributed by atoms with Crippen LogP contribution in [0.2, 0.25) is 0 Å². The molecule has 6 heteroatoms. The fourth-order valence-corrected chi connectivity index (χ4v) is 3.46. The summed E-state index contributed by atoms with van der Waals surface area (Å²) in [6.07, 6.45) is 0.942. The van der Waals surface area contributed by atoms with Gasteiger partial charge in [-0.2, -0.15) is 5.10 Å². The molecule has 0 saturated heterocycles. The number of amides is 1. The van der Waals surface area contributed by atoms with E-state index in [0.29, 0.717) is 25.3 Å². The highest BCUT2D eigenvalue weighted by Crippen LogP contribution is 2.18. The minimum atomic E-state index is -0.413. The molecule has 0 spiro atoms. The molecule has 0 atom stereocenters. The van der Waals surface area contributed by atoms with Gasteiger partial charge in [-0.25, -0.2) is 0 Å². The Morgan fingerprint density at radius 3 is 2.48 bits per heavy atom. The number of carbonyl (C=O) groups is 2. The van der Waals surface area contributed by atoms with Crippen molar-refractivity contribution in [1.29, 1.82) is 0 Å². The monoisotopic (exact) mass is 399 g/mol. The van der Waals surface area contributed by atoms with Gasteiger partial charge < -0.3 is 9.64 Å². The Kier molecular flexibility index (Phi) is 8.00. The van der Waals surface area contributed by atoms with Gasteiger partial charge >= 0.3 is 5.97 Å². The zero-order chi connectivity index (χ0) is 21.6. The predicted octanol–water partition coefficient (Wildman–Crippen LogP) is 3.60. The Labute approximate surface area is 173 Å². The first-order chi connectivity index (χ1) is 13.7. The van der Waals surface area contributed by atoms with Crippen molar-refractivity contribution in [3.8, 4) is 0 Å². The van der Waals surface area contributed by atoms with Crippen LogP contribution in [0.25, 0.3) is 0 Å². The summed E-state index contributed by atoms with van der Waals surface area (Å²) in [5.74, 6) is 0.0326. The number of methoxy groups -OCH3 is 1. The summed E-state index contributed by atoms with van der Waals surface area (Å²) < 4.78 is 6.82. The number of hydrogen-bond acceptors (Lipinski definition) is 4. The van der Waals surface area contributed by atoms with E-state index >= 15 is 0 Å². The van der Waals surface area contributed by atoms with Gasteiger partial charge in [-0.15, -0.1) is 0 Å². The lowest BCUT2D eigenvalue weighted by Crippen LogP contribution is -2.36. The first kappa shape index (κ1) is 22.7. The molecule has 2 aromatic rings. The maximum Gasteiger partial charge on any atom is 0.325 e. The van der Waals surface area contributed by atoms with E-state index < -0.39 is 5.97 Å². The van der Waals surface area contributed by atoms with Crippen molar-refractivity contribution in [2.45, 2.75) is 60.5 Å². The SMILES string of the molecule is COC(=O)CN(Cc1ccccc1C)C(=O)CCc1c(C)nn(CC(C)C)c1C. The lowest BCUT2D eigenvalue weighted by molar-refractivity contribution is -0.147. The largest absolute Gasteiger partial charge is 0.468 e. The minimum absolute atomic E-state index is 0.0474. The summed E-state index contributed by atoms with van der Waals surface area (Å²) >= 11 is 0. The molecular formula is C23H33N3O3. The van der Waals surface area contributed by atoms with Crippen LogP contribution in [0, 0.1) is 26.7 Å². The molecule has 0 aliphatic rings. The molecule has 158 valence electrons. The van der Waals surface area contributed by atoms with Crippen molar-refractivity contribution in [1.82, 2.24) is 14.7 Å². The van der Waals surface area contributed by atoms with E-state index in [1.165, 1.54) is 7.11 Å². The van der Waals surface area contributed by atoms with Gasteiger partial charge in [0.05, 0.1) is 12.8 Å². The Morgan fingerprint density at radius 1 is 1.17 bits per heavy atom. The number of esters is 1. The van der Waals surface area contributed by atoms with Crippen LogP contribution in [0.5, 0.6) is 0 Å². The third kappa shape index (κ3) is 6.17. The van der Waals surface area contributed by atoms with Gasteiger partial charge in [-0.05, 0) is 49.8 Å². The fraction of sp³-hybridized carbons (Fsp3) is 0.522. The summed E-state index contributed by atoms with van der Waals surface area (Å²) in [6.45, 7) is 11.6. The Balaban J connectivity index is 2.12. The van der Waals surface area contributed by atoms with Crippen LogP contribution >= 0.6 is 0 Å². The minimum Gasteiger partial charge on any atom is -0.468 e. The molecule has 0 bridgehead atoms. The standard InChI is InChI=1S/C23H33N3O3/c1-16(2)13-26-19(5)21(18(4)24-26)11-12-22(27)25(15-23(28)29-6)14-20-10-8-7-9-17(20)3/h7-10,16H,11-15H2,1-6H3. The number of carbonyl (C=O) groups excluding carboxylic acids is 2. The number of aryl methyl sites for hydroxylation is 2. The van der Waals surface area contributed by atoms with Gasteiger partial charge in [0.15, 0.2) is 0 Å². The number of benzene rings is 1. The molecule has 0 fully saturated rings. The van der Waals surface area contributed by atoms with Crippen LogP contribution in [-0.4, -0.2) is 40.2 Å². The third-order valence-corrected chi connectivity index (χ3v) is 5.18. The van der Waals surface area contributed by atoms with Crippen molar-refractivity contribution < 1.29 is 14.3 Å². The Morgan fingerprint density at radius 2 is 1.86 bits per heavy atom. The molecule has 0 radical (unpaired) electrons. The molecule has 0 saturated carbocycles.